The second kappa shape index (κ2) is 4.47. The van der Waals surface area contributed by atoms with E-state index in [0.29, 0.717) is 0 Å². The van der Waals surface area contributed by atoms with E-state index < -0.39 is 22.7 Å². The number of hydrogen-bond donors (Lipinski definition) is 1. The first-order chi connectivity index (χ1) is 6.97. The Labute approximate surface area is 91.6 Å². The maximum atomic E-state index is 12.3. The first kappa shape index (κ1) is 11.8. The number of pyridine rings is 1. The van der Waals surface area contributed by atoms with E-state index in [9.17, 15) is 18.9 Å². The summed E-state index contributed by atoms with van der Waals surface area (Å²) >= 11 is 2.98. The van der Waals surface area contributed by atoms with Gasteiger partial charge in [0.25, 0.3) is 12.1 Å². The van der Waals surface area contributed by atoms with Crippen LogP contribution in [0.15, 0.2) is 6.07 Å². The SMILES string of the molecule is Nc1nc(C(F)F)cc([N+](=O)[O-])c1CBr. The number of nitrogen functional groups attached to an aromatic ring is 1. The van der Waals surface area contributed by atoms with Gasteiger partial charge >= 0.3 is 0 Å². The van der Waals surface area contributed by atoms with Crippen molar-refractivity contribution in [1.29, 1.82) is 0 Å². The van der Waals surface area contributed by atoms with Crippen molar-refractivity contribution in [3.8, 4) is 0 Å². The van der Waals surface area contributed by atoms with Crippen LogP contribution in [0.3, 0.4) is 0 Å². The van der Waals surface area contributed by atoms with Gasteiger partial charge in [0.05, 0.1) is 10.5 Å². The normalized spacial score (nSPS) is 10.7. The topological polar surface area (TPSA) is 82.0 Å². The number of halogens is 3. The summed E-state index contributed by atoms with van der Waals surface area (Å²) in [5, 5.41) is 10.7. The molecule has 2 N–H and O–H groups in total. The molecular weight excluding hydrogens is 276 g/mol. The number of aromatic nitrogens is 1. The van der Waals surface area contributed by atoms with Crippen LogP contribution in [-0.4, -0.2) is 9.91 Å². The monoisotopic (exact) mass is 281 g/mol. The van der Waals surface area contributed by atoms with Gasteiger partial charge in [0.1, 0.15) is 11.5 Å². The second-order valence-electron chi connectivity index (χ2n) is 2.62. The zero-order valence-corrected chi connectivity index (χ0v) is 8.87. The average molecular weight is 282 g/mol. The third-order valence-electron chi connectivity index (χ3n) is 1.71. The largest absolute Gasteiger partial charge is 0.383 e. The molecule has 1 heterocycles. The molecule has 8 heteroatoms. The Hall–Kier alpha value is -1.31. The molecular formula is C7H6BrF2N3O2. The van der Waals surface area contributed by atoms with Crippen LogP contribution in [0.2, 0.25) is 0 Å². The number of nitrogens with zero attached hydrogens (tertiary/aromatic N) is 2. The van der Waals surface area contributed by atoms with Crippen LogP contribution in [0, 0.1) is 10.1 Å². The van der Waals surface area contributed by atoms with Crippen molar-refractivity contribution in [2.45, 2.75) is 11.8 Å². The third-order valence-corrected chi connectivity index (χ3v) is 2.27. The molecule has 1 rings (SSSR count). The summed E-state index contributed by atoms with van der Waals surface area (Å²) < 4.78 is 24.5. The molecule has 0 radical (unpaired) electrons. The van der Waals surface area contributed by atoms with E-state index in [2.05, 4.69) is 20.9 Å². The van der Waals surface area contributed by atoms with Gasteiger partial charge in [0, 0.05) is 11.4 Å². The molecule has 0 unspecified atom stereocenters. The minimum atomic E-state index is -2.88. The minimum Gasteiger partial charge on any atom is -0.383 e. The number of anilines is 1. The molecule has 82 valence electrons. The summed E-state index contributed by atoms with van der Waals surface area (Å²) in [6.07, 6.45) is -2.88. The molecule has 15 heavy (non-hydrogen) atoms. The van der Waals surface area contributed by atoms with Crippen molar-refractivity contribution in [2.24, 2.45) is 0 Å². The standard InChI is InChI=1S/C7H6BrF2N3O2/c8-2-3-5(13(14)15)1-4(6(9)10)12-7(3)11/h1,6H,2H2,(H2,11,12). The van der Waals surface area contributed by atoms with E-state index in [-0.39, 0.29) is 16.7 Å². The van der Waals surface area contributed by atoms with Crippen LogP contribution in [0.1, 0.15) is 17.7 Å². The average Bonchev–Trinajstić information content (AvgIpc) is 2.16. The Morgan fingerprint density at radius 2 is 2.27 bits per heavy atom. The minimum absolute atomic E-state index is 0.0890. The molecule has 0 saturated carbocycles. The van der Waals surface area contributed by atoms with Crippen molar-refractivity contribution in [1.82, 2.24) is 4.98 Å². The summed E-state index contributed by atoms with van der Waals surface area (Å²) in [4.78, 5) is 13.2. The molecule has 0 aromatic carbocycles. The lowest BCUT2D eigenvalue weighted by molar-refractivity contribution is -0.385. The smallest absolute Gasteiger partial charge is 0.280 e. The molecule has 1 aromatic heterocycles. The molecule has 0 aliphatic heterocycles. The summed E-state index contributed by atoms with van der Waals surface area (Å²) in [7, 11) is 0. The molecule has 0 fully saturated rings. The molecule has 0 amide bonds. The van der Waals surface area contributed by atoms with Gasteiger partial charge in [-0.05, 0) is 0 Å². The maximum absolute atomic E-state index is 12.3. The van der Waals surface area contributed by atoms with Gasteiger partial charge in [-0.25, -0.2) is 13.8 Å². The maximum Gasteiger partial charge on any atom is 0.280 e. The fraction of sp³-hybridized carbons (Fsp3) is 0.286. The van der Waals surface area contributed by atoms with E-state index in [1.807, 2.05) is 0 Å². The van der Waals surface area contributed by atoms with Crippen molar-refractivity contribution < 1.29 is 13.7 Å². The second-order valence-corrected chi connectivity index (χ2v) is 3.18. The van der Waals surface area contributed by atoms with Gasteiger partial charge in [0.2, 0.25) is 0 Å². The van der Waals surface area contributed by atoms with E-state index in [1.165, 1.54) is 0 Å². The highest BCUT2D eigenvalue weighted by molar-refractivity contribution is 9.08. The first-order valence-corrected chi connectivity index (χ1v) is 4.87. The Balaban J connectivity index is 3.38. The molecule has 0 aliphatic rings. The zero-order chi connectivity index (χ0) is 11.6. The number of hydrogen-bond acceptors (Lipinski definition) is 4. The summed E-state index contributed by atoms with van der Waals surface area (Å²) in [6.45, 7) is 0. The van der Waals surface area contributed by atoms with Crippen LogP contribution < -0.4 is 5.73 Å². The first-order valence-electron chi connectivity index (χ1n) is 3.75. The Bertz CT molecular complexity index is 400. The lowest BCUT2D eigenvalue weighted by Gasteiger charge is -2.05. The number of rotatable bonds is 3. The van der Waals surface area contributed by atoms with Crippen LogP contribution in [-0.2, 0) is 5.33 Å². The van der Waals surface area contributed by atoms with Crippen molar-refractivity contribution in [3.05, 3.63) is 27.4 Å². The van der Waals surface area contributed by atoms with Crippen LogP contribution in [0.25, 0.3) is 0 Å². The zero-order valence-electron chi connectivity index (χ0n) is 7.28. The number of alkyl halides is 3. The van der Waals surface area contributed by atoms with Gasteiger partial charge in [-0.2, -0.15) is 0 Å². The molecule has 0 bridgehead atoms. The Morgan fingerprint density at radius 1 is 1.67 bits per heavy atom. The van der Waals surface area contributed by atoms with E-state index in [0.717, 1.165) is 6.07 Å². The molecule has 5 nitrogen and oxygen atoms in total. The van der Waals surface area contributed by atoms with Crippen LogP contribution in [0.4, 0.5) is 20.3 Å². The van der Waals surface area contributed by atoms with Gasteiger partial charge < -0.3 is 5.73 Å². The van der Waals surface area contributed by atoms with E-state index in [4.69, 9.17) is 5.73 Å². The predicted octanol–water partition coefficient (Wildman–Crippen LogP) is 2.40. The highest BCUT2D eigenvalue weighted by Crippen LogP contribution is 2.29. The van der Waals surface area contributed by atoms with Crippen LogP contribution in [0.5, 0.6) is 0 Å². The number of nitro groups is 1. The molecule has 0 aliphatic carbocycles. The molecule has 0 atom stereocenters. The quantitative estimate of drug-likeness (QED) is 0.524. The van der Waals surface area contributed by atoms with Gasteiger partial charge in [-0.3, -0.25) is 10.1 Å². The molecule has 0 saturated heterocycles. The lowest BCUT2D eigenvalue weighted by atomic mass is 10.2. The number of nitrogens with two attached hydrogens (primary N) is 1. The molecule has 1 aromatic rings. The van der Waals surface area contributed by atoms with Gasteiger partial charge in [-0.1, -0.05) is 15.9 Å². The summed E-state index contributed by atoms with van der Waals surface area (Å²) in [5.74, 6) is -0.253. The van der Waals surface area contributed by atoms with E-state index in [1.54, 1.807) is 0 Å². The van der Waals surface area contributed by atoms with Crippen molar-refractivity contribution >= 4 is 27.4 Å². The van der Waals surface area contributed by atoms with Gasteiger partial charge in [0.15, 0.2) is 0 Å². The Morgan fingerprint density at radius 3 is 2.67 bits per heavy atom. The highest BCUT2D eigenvalue weighted by Gasteiger charge is 2.22. The van der Waals surface area contributed by atoms with E-state index >= 15 is 0 Å². The van der Waals surface area contributed by atoms with Crippen molar-refractivity contribution in [3.63, 3.8) is 0 Å². The predicted molar refractivity (Wildman–Crippen MR) is 52.9 cm³/mol. The van der Waals surface area contributed by atoms with Gasteiger partial charge in [-0.15, -0.1) is 0 Å². The molecule has 0 spiro atoms. The lowest BCUT2D eigenvalue weighted by Crippen LogP contribution is -2.04. The summed E-state index contributed by atoms with van der Waals surface area (Å²) in [5.41, 5.74) is 4.29. The van der Waals surface area contributed by atoms with Crippen molar-refractivity contribution in [2.75, 3.05) is 5.73 Å². The fourth-order valence-electron chi connectivity index (χ4n) is 1.01. The third kappa shape index (κ3) is 2.38. The summed E-state index contributed by atoms with van der Waals surface area (Å²) in [6, 6.07) is 0.734. The highest BCUT2D eigenvalue weighted by atomic mass is 79.9. The fourth-order valence-corrected chi connectivity index (χ4v) is 1.58. The Kier molecular flexibility index (Phi) is 3.51. The van der Waals surface area contributed by atoms with Crippen LogP contribution >= 0.6 is 15.9 Å².